The lowest BCUT2D eigenvalue weighted by Gasteiger charge is -2.25. The Labute approximate surface area is 90.5 Å². The molecule has 3 rings (SSSR count). The van der Waals surface area contributed by atoms with Crippen molar-refractivity contribution in [1.82, 2.24) is 4.74 Å². The molecule has 1 saturated heterocycles. The van der Waals surface area contributed by atoms with Crippen LogP contribution in [0.25, 0.3) is 0 Å². The van der Waals surface area contributed by atoms with Crippen molar-refractivity contribution in [3.63, 3.8) is 0 Å². The number of Topliss-reactive ketones (excluding diaryl/α,β-unsaturated/α-hetero) is 1. The molecule has 1 aromatic rings. The fourth-order valence-corrected chi connectivity index (χ4v) is 2.14. The average molecular weight is 222 g/mol. The summed E-state index contributed by atoms with van der Waals surface area (Å²) in [5.74, 6) is 0.194. The molecule has 2 aliphatic rings. The first-order valence-electron chi connectivity index (χ1n) is 5.04. The molecule has 0 radical (unpaired) electrons. The molecule has 84 valence electrons. The number of aromatic nitrogens is 1. The number of fused-ring (bicyclic) bond motifs is 2. The average Bonchev–Trinajstić information content (AvgIpc) is 2.53. The second-order valence-corrected chi connectivity index (χ2v) is 4.00. The summed E-state index contributed by atoms with van der Waals surface area (Å²) in [5, 5.41) is 0. The van der Waals surface area contributed by atoms with Gasteiger partial charge in [-0.1, -0.05) is 0 Å². The molecule has 2 aliphatic heterocycles. The number of aliphatic imine (C=N–C) groups is 1. The lowest BCUT2D eigenvalue weighted by Crippen LogP contribution is -2.39. The van der Waals surface area contributed by atoms with Crippen molar-refractivity contribution in [1.29, 1.82) is 0 Å². The first kappa shape index (κ1) is 9.53. The Morgan fingerprint density at radius 2 is 2.19 bits per heavy atom. The molecule has 0 aliphatic carbocycles. The largest absolute Gasteiger partial charge is 0.368 e. The van der Waals surface area contributed by atoms with E-state index in [1.165, 1.54) is 4.74 Å². The monoisotopic (exact) mass is 222 g/mol. The zero-order valence-corrected chi connectivity index (χ0v) is 8.73. The molecule has 1 aromatic heterocycles. The molecule has 6 heteroatoms. The minimum absolute atomic E-state index is 0.0149. The molecule has 0 aromatic carbocycles. The van der Waals surface area contributed by atoms with Crippen LogP contribution in [-0.4, -0.2) is 29.4 Å². The van der Waals surface area contributed by atoms with E-state index in [-0.39, 0.29) is 18.3 Å². The van der Waals surface area contributed by atoms with Crippen LogP contribution in [0.1, 0.15) is 5.56 Å². The van der Waals surface area contributed by atoms with E-state index >= 15 is 0 Å². The Hall–Kier alpha value is -1.69. The zero-order chi connectivity index (χ0) is 11.3. The summed E-state index contributed by atoms with van der Waals surface area (Å²) in [6.07, 6.45) is 0.388. The Balaban J connectivity index is 2.15. The van der Waals surface area contributed by atoms with E-state index in [4.69, 9.17) is 9.26 Å². The zero-order valence-electron chi connectivity index (χ0n) is 8.73. The highest BCUT2D eigenvalue weighted by molar-refractivity contribution is 6.09. The van der Waals surface area contributed by atoms with Gasteiger partial charge in [-0.3, -0.25) is 4.79 Å². The minimum atomic E-state index is -0.403. The molecule has 3 heterocycles. The summed E-state index contributed by atoms with van der Waals surface area (Å²) in [6.45, 7) is 0.465. The Kier molecular flexibility index (Phi) is 1.88. The van der Waals surface area contributed by atoms with Gasteiger partial charge in [-0.2, -0.15) is 4.74 Å². The predicted octanol–water partition coefficient (Wildman–Crippen LogP) is -0.178. The maximum Gasteiger partial charge on any atom is 0.363 e. The fraction of sp³-hybridized carbons (Fsp3) is 0.500. The van der Waals surface area contributed by atoms with Crippen LogP contribution in [0.3, 0.4) is 0 Å². The predicted molar refractivity (Wildman–Crippen MR) is 54.1 cm³/mol. The van der Waals surface area contributed by atoms with Crippen LogP contribution in [0.2, 0.25) is 0 Å². The maximum absolute atomic E-state index is 11.6. The summed E-state index contributed by atoms with van der Waals surface area (Å²) in [6, 6.07) is 0. The van der Waals surface area contributed by atoms with Crippen LogP contribution in [0.4, 0.5) is 5.82 Å². The van der Waals surface area contributed by atoms with Crippen LogP contribution in [0, 0.1) is 5.92 Å². The first-order chi connectivity index (χ1) is 7.66. The molecular formula is C10H10N2O4. The summed E-state index contributed by atoms with van der Waals surface area (Å²) >= 11 is 0. The van der Waals surface area contributed by atoms with Crippen molar-refractivity contribution in [2.75, 3.05) is 13.2 Å². The smallest absolute Gasteiger partial charge is 0.363 e. The Morgan fingerprint density at radius 1 is 1.38 bits per heavy atom. The van der Waals surface area contributed by atoms with Crippen LogP contribution < -0.4 is 5.63 Å². The van der Waals surface area contributed by atoms with E-state index < -0.39 is 5.63 Å². The molecule has 0 spiro atoms. The van der Waals surface area contributed by atoms with Crippen molar-refractivity contribution in [3.8, 4) is 0 Å². The molecule has 1 unspecified atom stereocenters. The second-order valence-electron chi connectivity index (χ2n) is 4.00. The Morgan fingerprint density at radius 3 is 3.00 bits per heavy atom. The number of hydrogen-bond acceptors (Lipinski definition) is 5. The summed E-state index contributed by atoms with van der Waals surface area (Å²) in [7, 11) is 1.62. The van der Waals surface area contributed by atoms with E-state index in [1.54, 1.807) is 7.05 Å². The van der Waals surface area contributed by atoms with E-state index in [9.17, 15) is 9.59 Å². The SMILES string of the molecule is Cn1oc(=O)c2c1N=C1COCC(=O)C1C2. The highest BCUT2D eigenvalue weighted by Gasteiger charge is 2.35. The van der Waals surface area contributed by atoms with Crippen LogP contribution in [0.5, 0.6) is 0 Å². The molecular weight excluding hydrogens is 212 g/mol. The van der Waals surface area contributed by atoms with Crippen LogP contribution >= 0.6 is 0 Å². The highest BCUT2D eigenvalue weighted by Crippen LogP contribution is 2.28. The Bertz CT molecular complexity index is 552. The van der Waals surface area contributed by atoms with Gasteiger partial charge in [0.15, 0.2) is 11.6 Å². The number of ether oxygens (including phenoxy) is 1. The minimum Gasteiger partial charge on any atom is -0.368 e. The lowest BCUT2D eigenvalue weighted by atomic mass is 9.88. The third-order valence-corrected chi connectivity index (χ3v) is 2.98. The van der Waals surface area contributed by atoms with Gasteiger partial charge in [-0.25, -0.2) is 9.79 Å². The van der Waals surface area contributed by atoms with Gasteiger partial charge in [-0.15, -0.1) is 0 Å². The van der Waals surface area contributed by atoms with Crippen LogP contribution in [0.15, 0.2) is 14.3 Å². The topological polar surface area (TPSA) is 73.8 Å². The molecule has 16 heavy (non-hydrogen) atoms. The third-order valence-electron chi connectivity index (χ3n) is 2.98. The van der Waals surface area contributed by atoms with E-state index in [0.717, 1.165) is 0 Å². The molecule has 0 amide bonds. The number of carbonyl (C=O) groups is 1. The highest BCUT2D eigenvalue weighted by atomic mass is 16.5. The molecule has 1 atom stereocenters. The number of rotatable bonds is 0. The van der Waals surface area contributed by atoms with Crippen molar-refractivity contribution < 1.29 is 14.1 Å². The number of nitrogens with zero attached hydrogens (tertiary/aromatic N) is 2. The molecule has 6 nitrogen and oxygen atoms in total. The number of aryl methyl sites for hydroxylation is 1. The van der Waals surface area contributed by atoms with Crippen molar-refractivity contribution in [2.24, 2.45) is 18.0 Å². The van der Waals surface area contributed by atoms with E-state index in [0.29, 0.717) is 30.1 Å². The van der Waals surface area contributed by atoms with Gasteiger partial charge in [0.25, 0.3) is 0 Å². The lowest BCUT2D eigenvalue weighted by molar-refractivity contribution is -0.126. The summed E-state index contributed by atoms with van der Waals surface area (Å²) in [4.78, 5) is 27.4. The van der Waals surface area contributed by atoms with Gasteiger partial charge in [0, 0.05) is 7.05 Å². The quantitative estimate of drug-likeness (QED) is 0.610. The normalized spacial score (nSPS) is 23.7. The van der Waals surface area contributed by atoms with Crippen molar-refractivity contribution in [3.05, 3.63) is 16.0 Å². The molecule has 1 fully saturated rings. The standard InChI is InChI=1S/C10H10N2O4/c1-12-9-6(10(14)16-12)2-5-7(11-9)3-15-4-8(5)13/h5H,2-4H2,1H3. The van der Waals surface area contributed by atoms with Gasteiger partial charge >= 0.3 is 5.63 Å². The van der Waals surface area contributed by atoms with E-state index in [2.05, 4.69) is 4.99 Å². The number of ketones is 1. The summed E-state index contributed by atoms with van der Waals surface area (Å²) in [5.41, 5.74) is 0.784. The number of hydrogen-bond donors (Lipinski definition) is 0. The third kappa shape index (κ3) is 1.19. The second kappa shape index (κ2) is 3.15. The van der Waals surface area contributed by atoms with Gasteiger partial charge < -0.3 is 9.26 Å². The van der Waals surface area contributed by atoms with Crippen molar-refractivity contribution >= 4 is 17.3 Å². The van der Waals surface area contributed by atoms with Crippen molar-refractivity contribution in [2.45, 2.75) is 6.42 Å². The molecule has 0 N–H and O–H groups in total. The molecule has 0 bridgehead atoms. The van der Waals surface area contributed by atoms with Gasteiger partial charge in [0.1, 0.15) is 6.61 Å². The fourth-order valence-electron chi connectivity index (χ4n) is 2.14. The van der Waals surface area contributed by atoms with E-state index in [1.807, 2.05) is 0 Å². The number of carbonyl (C=O) groups excluding carboxylic acids is 1. The van der Waals surface area contributed by atoms with Gasteiger partial charge in [-0.05, 0) is 6.42 Å². The maximum atomic E-state index is 11.6. The summed E-state index contributed by atoms with van der Waals surface area (Å²) < 4.78 is 11.4. The van der Waals surface area contributed by atoms with Gasteiger partial charge in [0.2, 0.25) is 0 Å². The van der Waals surface area contributed by atoms with Crippen LogP contribution in [-0.2, 0) is 23.0 Å². The molecule has 0 saturated carbocycles. The van der Waals surface area contributed by atoms with Gasteiger partial charge in [0.05, 0.1) is 23.8 Å². The first-order valence-corrected chi connectivity index (χ1v) is 5.04.